The van der Waals surface area contributed by atoms with E-state index >= 15 is 0 Å². The molecule has 0 aliphatic carbocycles. The topological polar surface area (TPSA) is 40.6 Å². The molecule has 2 aliphatic rings. The molecule has 0 bridgehead atoms. The number of carbonyl (C=O) groups excluding carboxylic acids is 2. The summed E-state index contributed by atoms with van der Waals surface area (Å²) in [6.45, 7) is 1.64. The van der Waals surface area contributed by atoms with Gasteiger partial charge in [-0.2, -0.15) is 11.8 Å². The van der Waals surface area contributed by atoms with Gasteiger partial charge in [0.1, 0.15) is 0 Å². The molecule has 2 fully saturated rings. The number of amides is 2. The van der Waals surface area contributed by atoms with Crippen molar-refractivity contribution in [3.05, 3.63) is 35.4 Å². The van der Waals surface area contributed by atoms with E-state index in [0.717, 1.165) is 18.9 Å². The molecule has 3 rings (SSSR count). The van der Waals surface area contributed by atoms with E-state index < -0.39 is 17.0 Å². The zero-order chi connectivity index (χ0) is 18.0. The van der Waals surface area contributed by atoms with Gasteiger partial charge in [-0.05, 0) is 31.6 Å². The molecular weight excluding hydrogens is 346 g/mol. The molecule has 1 aromatic rings. The lowest BCUT2D eigenvalue weighted by Gasteiger charge is -2.39. The molecule has 136 valence electrons. The predicted molar refractivity (Wildman–Crippen MR) is 93.0 cm³/mol. The number of halogens is 2. The Morgan fingerprint density at radius 3 is 2.84 bits per heavy atom. The fraction of sp³-hybridized carbons (Fsp3) is 0.556. The van der Waals surface area contributed by atoms with Crippen LogP contribution in [-0.4, -0.2) is 53.3 Å². The van der Waals surface area contributed by atoms with E-state index in [4.69, 9.17) is 0 Å². The van der Waals surface area contributed by atoms with Gasteiger partial charge in [-0.1, -0.05) is 12.1 Å². The number of hydrogen-bond acceptors (Lipinski definition) is 3. The highest BCUT2D eigenvalue weighted by Crippen LogP contribution is 2.40. The smallest absolute Gasteiger partial charge is 0.232 e. The molecule has 0 aromatic heterocycles. The van der Waals surface area contributed by atoms with Gasteiger partial charge in [-0.25, -0.2) is 8.78 Å². The largest absolute Gasteiger partial charge is 0.341 e. The van der Waals surface area contributed by atoms with Crippen LogP contribution in [0.25, 0.3) is 0 Å². The number of rotatable bonds is 4. The summed E-state index contributed by atoms with van der Waals surface area (Å²) in [4.78, 5) is 28.5. The average Bonchev–Trinajstić information content (AvgIpc) is 3.02. The molecule has 1 spiro atoms. The monoisotopic (exact) mass is 368 g/mol. The van der Waals surface area contributed by atoms with Crippen LogP contribution in [0.15, 0.2) is 18.2 Å². The van der Waals surface area contributed by atoms with Gasteiger partial charge in [0.15, 0.2) is 11.6 Å². The van der Waals surface area contributed by atoms with Crippen LogP contribution in [0.4, 0.5) is 8.78 Å². The van der Waals surface area contributed by atoms with Gasteiger partial charge in [-0.15, -0.1) is 0 Å². The fourth-order valence-electron chi connectivity index (χ4n) is 3.86. The van der Waals surface area contributed by atoms with Gasteiger partial charge in [-0.3, -0.25) is 9.59 Å². The first kappa shape index (κ1) is 18.2. The highest BCUT2D eigenvalue weighted by Gasteiger charge is 2.49. The molecule has 0 radical (unpaired) electrons. The standard InChI is InChI=1S/C18H22F2N2O2S/c1-25-11-15(23)22-9-7-18(12-22)6-3-8-21(17(18)24)10-13-4-2-5-14(19)16(13)20/h2,4-5H,3,6-12H2,1H3/t18-/m0/s1. The third kappa shape index (κ3) is 3.52. The van der Waals surface area contributed by atoms with Crippen molar-refractivity contribution in [1.29, 1.82) is 0 Å². The molecule has 2 heterocycles. The van der Waals surface area contributed by atoms with Gasteiger partial charge in [0.25, 0.3) is 0 Å². The van der Waals surface area contributed by atoms with E-state index in [2.05, 4.69) is 0 Å². The Balaban J connectivity index is 1.73. The van der Waals surface area contributed by atoms with Crippen LogP contribution in [0, 0.1) is 17.0 Å². The van der Waals surface area contributed by atoms with E-state index in [0.29, 0.717) is 31.8 Å². The first-order chi connectivity index (χ1) is 12.0. The summed E-state index contributed by atoms with van der Waals surface area (Å²) >= 11 is 1.47. The lowest BCUT2D eigenvalue weighted by atomic mass is 9.78. The Kier molecular flexibility index (Phi) is 5.32. The number of benzene rings is 1. The van der Waals surface area contributed by atoms with Crippen molar-refractivity contribution >= 4 is 23.6 Å². The summed E-state index contributed by atoms with van der Waals surface area (Å²) < 4.78 is 27.3. The van der Waals surface area contributed by atoms with Crippen LogP contribution in [0.1, 0.15) is 24.8 Å². The molecule has 2 aliphatic heterocycles. The molecule has 4 nitrogen and oxygen atoms in total. The quantitative estimate of drug-likeness (QED) is 0.820. The second kappa shape index (κ2) is 7.32. The zero-order valence-corrected chi connectivity index (χ0v) is 15.1. The first-order valence-corrected chi connectivity index (χ1v) is 9.85. The van der Waals surface area contributed by atoms with E-state index in [-0.39, 0.29) is 23.9 Å². The Morgan fingerprint density at radius 1 is 1.28 bits per heavy atom. The lowest BCUT2D eigenvalue weighted by Crippen LogP contribution is -2.50. The van der Waals surface area contributed by atoms with Crippen molar-refractivity contribution in [2.24, 2.45) is 5.41 Å². The van der Waals surface area contributed by atoms with Crippen LogP contribution in [0.5, 0.6) is 0 Å². The van der Waals surface area contributed by atoms with Crippen molar-refractivity contribution in [3.8, 4) is 0 Å². The fourth-order valence-corrected chi connectivity index (χ4v) is 4.29. The number of carbonyl (C=O) groups is 2. The molecular formula is C18H22F2N2O2S. The normalized spacial score (nSPS) is 23.6. The summed E-state index contributed by atoms with van der Waals surface area (Å²) in [7, 11) is 0. The molecule has 1 atom stereocenters. The van der Waals surface area contributed by atoms with Crippen LogP contribution in [0.3, 0.4) is 0 Å². The summed E-state index contributed by atoms with van der Waals surface area (Å²) in [5.74, 6) is -1.35. The van der Waals surface area contributed by atoms with Crippen molar-refractivity contribution in [2.75, 3.05) is 31.6 Å². The molecule has 25 heavy (non-hydrogen) atoms. The Morgan fingerprint density at radius 2 is 2.08 bits per heavy atom. The highest BCUT2D eigenvalue weighted by molar-refractivity contribution is 7.99. The van der Waals surface area contributed by atoms with Gasteiger partial charge >= 0.3 is 0 Å². The number of piperidine rings is 1. The number of nitrogens with zero attached hydrogens (tertiary/aromatic N) is 2. The maximum Gasteiger partial charge on any atom is 0.232 e. The SMILES string of the molecule is CSCC(=O)N1CC[C@@]2(CCCN(Cc3cccc(F)c3F)C2=O)C1. The average molecular weight is 368 g/mol. The number of thioether (sulfide) groups is 1. The van der Waals surface area contributed by atoms with Crippen LogP contribution < -0.4 is 0 Å². The number of hydrogen-bond donors (Lipinski definition) is 0. The molecule has 2 amide bonds. The van der Waals surface area contributed by atoms with Crippen molar-refractivity contribution in [3.63, 3.8) is 0 Å². The van der Waals surface area contributed by atoms with Crippen molar-refractivity contribution < 1.29 is 18.4 Å². The van der Waals surface area contributed by atoms with Crippen molar-refractivity contribution in [1.82, 2.24) is 9.80 Å². The van der Waals surface area contributed by atoms with Crippen LogP contribution >= 0.6 is 11.8 Å². The maximum absolute atomic E-state index is 13.9. The summed E-state index contributed by atoms with van der Waals surface area (Å²) in [6, 6.07) is 4.04. The lowest BCUT2D eigenvalue weighted by molar-refractivity contribution is -0.146. The van der Waals surface area contributed by atoms with Gasteiger partial charge in [0, 0.05) is 31.7 Å². The first-order valence-electron chi connectivity index (χ1n) is 8.46. The Bertz CT molecular complexity index is 685. The second-order valence-electron chi connectivity index (χ2n) is 6.82. The Hall–Kier alpha value is -1.63. The van der Waals surface area contributed by atoms with E-state index in [9.17, 15) is 18.4 Å². The minimum absolute atomic E-state index is 0.0399. The maximum atomic E-state index is 13.9. The minimum Gasteiger partial charge on any atom is -0.341 e. The minimum atomic E-state index is -0.897. The van der Waals surface area contributed by atoms with E-state index in [1.807, 2.05) is 6.26 Å². The van der Waals surface area contributed by atoms with Gasteiger partial charge in [0.05, 0.1) is 11.2 Å². The Labute approximate surface area is 150 Å². The van der Waals surface area contributed by atoms with Crippen LogP contribution in [0.2, 0.25) is 0 Å². The zero-order valence-electron chi connectivity index (χ0n) is 14.3. The summed E-state index contributed by atoms with van der Waals surface area (Å²) in [5.41, 5.74) is -0.366. The molecule has 0 unspecified atom stereocenters. The molecule has 7 heteroatoms. The number of likely N-dealkylation sites (tertiary alicyclic amines) is 2. The molecule has 1 aromatic carbocycles. The summed E-state index contributed by atoms with van der Waals surface area (Å²) in [5, 5.41) is 0. The van der Waals surface area contributed by atoms with Crippen molar-refractivity contribution in [2.45, 2.75) is 25.8 Å². The van der Waals surface area contributed by atoms with Crippen LogP contribution in [-0.2, 0) is 16.1 Å². The molecule has 0 saturated carbocycles. The molecule has 2 saturated heterocycles. The van der Waals surface area contributed by atoms with Gasteiger partial charge in [0.2, 0.25) is 11.8 Å². The van der Waals surface area contributed by atoms with Gasteiger partial charge < -0.3 is 9.80 Å². The van der Waals surface area contributed by atoms with E-state index in [1.54, 1.807) is 9.80 Å². The molecule has 0 N–H and O–H groups in total. The highest BCUT2D eigenvalue weighted by atomic mass is 32.2. The second-order valence-corrected chi connectivity index (χ2v) is 7.69. The van der Waals surface area contributed by atoms with E-state index in [1.165, 1.54) is 23.9 Å². The predicted octanol–water partition coefficient (Wildman–Crippen LogP) is 2.67. The third-order valence-electron chi connectivity index (χ3n) is 5.19. The summed E-state index contributed by atoms with van der Waals surface area (Å²) in [6.07, 6.45) is 4.09. The third-order valence-corrected chi connectivity index (χ3v) is 5.73.